The number of hydrogen-bond donors (Lipinski definition) is 0. The summed E-state index contributed by atoms with van der Waals surface area (Å²) in [5.41, 5.74) is 1.15. The Morgan fingerprint density at radius 1 is 1.10 bits per heavy atom. The van der Waals surface area contributed by atoms with Gasteiger partial charge in [-0.05, 0) is 24.3 Å². The van der Waals surface area contributed by atoms with E-state index in [1.165, 1.54) is 30.2 Å². The third-order valence-corrected chi connectivity index (χ3v) is 3.92. The molecule has 0 amide bonds. The van der Waals surface area contributed by atoms with Gasteiger partial charge in [0.25, 0.3) is 0 Å². The van der Waals surface area contributed by atoms with Crippen molar-refractivity contribution in [2.45, 2.75) is 9.92 Å². The van der Waals surface area contributed by atoms with E-state index in [9.17, 15) is 9.18 Å². The first-order chi connectivity index (χ1) is 9.78. The van der Waals surface area contributed by atoms with Crippen LogP contribution >= 0.6 is 11.8 Å². The fourth-order valence-corrected chi connectivity index (χ4v) is 2.82. The molecule has 0 saturated heterocycles. The lowest BCUT2D eigenvalue weighted by Crippen LogP contribution is -1.90. The number of rotatable bonds is 3. The van der Waals surface area contributed by atoms with Crippen LogP contribution in [0.15, 0.2) is 58.7 Å². The largest absolute Gasteiger partial charge is 0.298 e. The van der Waals surface area contributed by atoms with Gasteiger partial charge in [-0.3, -0.25) is 4.79 Å². The predicted molar refractivity (Wildman–Crippen MR) is 75.4 cm³/mol. The zero-order valence-corrected chi connectivity index (χ0v) is 11.1. The van der Waals surface area contributed by atoms with E-state index in [2.05, 4.69) is 9.97 Å². The van der Waals surface area contributed by atoms with Gasteiger partial charge in [0.05, 0.1) is 5.52 Å². The maximum atomic E-state index is 13.1. The molecule has 1 aromatic heterocycles. The van der Waals surface area contributed by atoms with Crippen LogP contribution in [0.5, 0.6) is 0 Å². The van der Waals surface area contributed by atoms with Gasteiger partial charge in [0.15, 0.2) is 6.29 Å². The molecule has 0 unspecified atom stereocenters. The van der Waals surface area contributed by atoms with Crippen LogP contribution in [0.4, 0.5) is 4.39 Å². The molecule has 0 fully saturated rings. The first kappa shape index (κ1) is 12.7. The average Bonchev–Trinajstić information content (AvgIpc) is 2.49. The lowest BCUT2D eigenvalue weighted by atomic mass is 10.2. The Labute approximate surface area is 118 Å². The lowest BCUT2D eigenvalue weighted by Gasteiger charge is -2.06. The van der Waals surface area contributed by atoms with Crippen molar-refractivity contribution in [3.05, 3.63) is 60.2 Å². The van der Waals surface area contributed by atoms with E-state index >= 15 is 0 Å². The molecule has 0 aliphatic heterocycles. The second-order valence-electron chi connectivity index (χ2n) is 4.10. The van der Waals surface area contributed by atoms with E-state index in [0.717, 1.165) is 15.9 Å². The number of halogens is 1. The Hall–Kier alpha value is -2.27. The van der Waals surface area contributed by atoms with Crippen LogP contribution in [0, 0.1) is 5.82 Å². The summed E-state index contributed by atoms with van der Waals surface area (Å²) in [7, 11) is 0. The maximum absolute atomic E-state index is 13.1. The molecule has 3 rings (SSSR count). The molecule has 1 heterocycles. The first-order valence-electron chi connectivity index (χ1n) is 5.90. The SMILES string of the molecule is O=Cc1cc(F)ccc1Sc1ncnc2ccccc12. The van der Waals surface area contributed by atoms with Crippen LogP contribution in [0.25, 0.3) is 10.9 Å². The van der Waals surface area contributed by atoms with Crippen LogP contribution in [-0.4, -0.2) is 16.3 Å². The molecular formula is C15H9FN2OS. The highest BCUT2D eigenvalue weighted by molar-refractivity contribution is 7.99. The minimum absolute atomic E-state index is 0.317. The monoisotopic (exact) mass is 284 g/mol. The zero-order valence-electron chi connectivity index (χ0n) is 10.3. The molecule has 5 heteroatoms. The maximum Gasteiger partial charge on any atom is 0.151 e. The third-order valence-electron chi connectivity index (χ3n) is 2.81. The molecule has 0 spiro atoms. The number of fused-ring (bicyclic) bond motifs is 1. The first-order valence-corrected chi connectivity index (χ1v) is 6.72. The fraction of sp³-hybridized carbons (Fsp3) is 0. The Balaban J connectivity index is 2.08. The summed E-state index contributed by atoms with van der Waals surface area (Å²) in [5.74, 6) is -0.427. The Kier molecular flexibility index (Phi) is 3.43. The molecule has 3 aromatic rings. The molecule has 0 radical (unpaired) electrons. The molecule has 0 N–H and O–H groups in total. The zero-order chi connectivity index (χ0) is 13.9. The Morgan fingerprint density at radius 3 is 2.80 bits per heavy atom. The molecule has 0 atom stereocenters. The topological polar surface area (TPSA) is 42.9 Å². The van der Waals surface area contributed by atoms with Crippen molar-refractivity contribution in [3.8, 4) is 0 Å². The highest BCUT2D eigenvalue weighted by Crippen LogP contribution is 2.32. The summed E-state index contributed by atoms with van der Waals surface area (Å²) in [6, 6.07) is 11.8. The van der Waals surface area contributed by atoms with Crippen molar-refractivity contribution in [1.29, 1.82) is 0 Å². The quantitative estimate of drug-likeness (QED) is 0.543. The van der Waals surface area contributed by atoms with Crippen molar-refractivity contribution in [1.82, 2.24) is 9.97 Å². The van der Waals surface area contributed by atoms with Gasteiger partial charge in [-0.1, -0.05) is 30.0 Å². The van der Waals surface area contributed by atoms with Crippen molar-refractivity contribution in [3.63, 3.8) is 0 Å². The predicted octanol–water partition coefficient (Wildman–Crippen LogP) is 3.73. The van der Waals surface area contributed by atoms with Gasteiger partial charge < -0.3 is 0 Å². The summed E-state index contributed by atoms with van der Waals surface area (Å²) in [6.45, 7) is 0. The van der Waals surface area contributed by atoms with E-state index in [-0.39, 0.29) is 0 Å². The van der Waals surface area contributed by atoms with Crippen LogP contribution < -0.4 is 0 Å². The molecular weight excluding hydrogens is 275 g/mol. The highest BCUT2D eigenvalue weighted by Gasteiger charge is 2.09. The van der Waals surface area contributed by atoms with Crippen molar-refractivity contribution < 1.29 is 9.18 Å². The van der Waals surface area contributed by atoms with Gasteiger partial charge in [0.1, 0.15) is 17.2 Å². The average molecular weight is 284 g/mol. The number of carbonyl (C=O) groups is 1. The fourth-order valence-electron chi connectivity index (χ4n) is 1.87. The highest BCUT2D eigenvalue weighted by atomic mass is 32.2. The molecule has 0 saturated carbocycles. The number of benzene rings is 2. The molecule has 0 aliphatic carbocycles. The second kappa shape index (κ2) is 5.38. The molecule has 0 aliphatic rings. The van der Waals surface area contributed by atoms with Crippen LogP contribution in [0.2, 0.25) is 0 Å². The minimum atomic E-state index is -0.427. The molecule has 20 heavy (non-hydrogen) atoms. The number of para-hydroxylation sites is 1. The summed E-state index contributed by atoms with van der Waals surface area (Å²) < 4.78 is 13.1. The number of aromatic nitrogens is 2. The van der Waals surface area contributed by atoms with Gasteiger partial charge in [-0.25, -0.2) is 14.4 Å². The smallest absolute Gasteiger partial charge is 0.151 e. The Bertz CT molecular complexity index is 786. The van der Waals surface area contributed by atoms with E-state index in [0.29, 0.717) is 16.7 Å². The van der Waals surface area contributed by atoms with Gasteiger partial charge in [-0.15, -0.1) is 0 Å². The molecule has 0 bridgehead atoms. The third kappa shape index (κ3) is 2.40. The standard InChI is InChI=1S/C15H9FN2OS/c16-11-5-6-14(10(7-11)8-19)20-15-12-3-1-2-4-13(12)17-9-18-15/h1-9H. The van der Waals surface area contributed by atoms with E-state index in [4.69, 9.17) is 0 Å². The van der Waals surface area contributed by atoms with E-state index < -0.39 is 5.82 Å². The van der Waals surface area contributed by atoms with Gasteiger partial charge in [0, 0.05) is 15.8 Å². The summed E-state index contributed by atoms with van der Waals surface area (Å²) in [4.78, 5) is 20.1. The van der Waals surface area contributed by atoms with Gasteiger partial charge >= 0.3 is 0 Å². The Morgan fingerprint density at radius 2 is 1.95 bits per heavy atom. The molecule has 2 aromatic carbocycles. The number of hydrogen-bond acceptors (Lipinski definition) is 4. The summed E-state index contributed by atoms with van der Waals surface area (Å²) in [6.07, 6.45) is 2.13. The molecule has 3 nitrogen and oxygen atoms in total. The van der Waals surface area contributed by atoms with Crippen molar-refractivity contribution >= 4 is 29.0 Å². The number of aldehydes is 1. The van der Waals surface area contributed by atoms with Gasteiger partial charge in [-0.2, -0.15) is 0 Å². The van der Waals surface area contributed by atoms with Gasteiger partial charge in [0.2, 0.25) is 0 Å². The second-order valence-corrected chi connectivity index (χ2v) is 5.13. The van der Waals surface area contributed by atoms with E-state index in [1.54, 1.807) is 6.07 Å². The van der Waals surface area contributed by atoms with Crippen molar-refractivity contribution in [2.75, 3.05) is 0 Å². The number of nitrogens with zero attached hydrogens (tertiary/aromatic N) is 2. The van der Waals surface area contributed by atoms with Crippen LogP contribution in [-0.2, 0) is 0 Å². The van der Waals surface area contributed by atoms with Crippen LogP contribution in [0.3, 0.4) is 0 Å². The summed E-state index contributed by atoms with van der Waals surface area (Å²) >= 11 is 1.33. The lowest BCUT2D eigenvalue weighted by molar-refractivity contribution is 0.112. The van der Waals surface area contributed by atoms with E-state index in [1.807, 2.05) is 24.3 Å². The van der Waals surface area contributed by atoms with Crippen molar-refractivity contribution in [2.24, 2.45) is 0 Å². The van der Waals surface area contributed by atoms with Crippen LogP contribution in [0.1, 0.15) is 10.4 Å². The minimum Gasteiger partial charge on any atom is -0.298 e. The number of carbonyl (C=O) groups excluding carboxylic acids is 1. The normalized spacial score (nSPS) is 10.7. The summed E-state index contributed by atoms with van der Waals surface area (Å²) in [5, 5.41) is 1.64. The molecule has 98 valence electrons.